The van der Waals surface area contributed by atoms with E-state index in [9.17, 15) is 9.59 Å². The number of aliphatic carboxylic acids is 1. The topological polar surface area (TPSA) is 86.6 Å². The summed E-state index contributed by atoms with van der Waals surface area (Å²) in [7, 11) is 0. The molecule has 0 aromatic rings. The van der Waals surface area contributed by atoms with Crippen LogP contribution in [0.2, 0.25) is 0 Å². The monoisotopic (exact) mass is 275 g/mol. The molecular weight excluding hydrogens is 254 g/mol. The fourth-order valence-electron chi connectivity index (χ4n) is 2.10. The molecule has 0 radical (unpaired) electrons. The summed E-state index contributed by atoms with van der Waals surface area (Å²) in [5.41, 5.74) is 0. The number of aliphatic hydroxyl groups excluding tert-OH is 1. The van der Waals surface area contributed by atoms with Gasteiger partial charge in [0.15, 0.2) is 0 Å². The van der Waals surface area contributed by atoms with Gasteiger partial charge in [0, 0.05) is 24.8 Å². The highest BCUT2D eigenvalue weighted by atomic mass is 32.2. The summed E-state index contributed by atoms with van der Waals surface area (Å²) in [5.74, 6) is 0.456. The lowest BCUT2D eigenvalue weighted by Gasteiger charge is -2.10. The van der Waals surface area contributed by atoms with E-state index in [0.717, 1.165) is 17.9 Å². The van der Waals surface area contributed by atoms with Crippen molar-refractivity contribution in [3.8, 4) is 0 Å². The van der Waals surface area contributed by atoms with Crippen molar-refractivity contribution >= 4 is 23.6 Å². The van der Waals surface area contributed by atoms with Gasteiger partial charge in [-0.05, 0) is 31.4 Å². The highest BCUT2D eigenvalue weighted by Crippen LogP contribution is 2.30. The van der Waals surface area contributed by atoms with Crippen LogP contribution in [0.3, 0.4) is 0 Å². The maximum absolute atomic E-state index is 11.7. The van der Waals surface area contributed by atoms with Crippen molar-refractivity contribution in [3.05, 3.63) is 0 Å². The zero-order valence-corrected chi connectivity index (χ0v) is 11.2. The predicted molar refractivity (Wildman–Crippen MR) is 70.5 cm³/mol. The van der Waals surface area contributed by atoms with Crippen LogP contribution in [0.4, 0.5) is 0 Å². The summed E-state index contributed by atoms with van der Waals surface area (Å²) in [6, 6.07) is 0. The average Bonchev–Trinajstić information content (AvgIpc) is 2.83. The predicted octanol–water partition coefficient (Wildman–Crippen LogP) is 0.719. The summed E-state index contributed by atoms with van der Waals surface area (Å²) in [5, 5.41) is 20.3. The number of rotatable bonds is 8. The van der Waals surface area contributed by atoms with E-state index in [0.29, 0.717) is 25.8 Å². The number of carbonyl (C=O) groups excluding carboxylic acids is 1. The van der Waals surface area contributed by atoms with Gasteiger partial charge in [-0.25, -0.2) is 0 Å². The molecule has 0 aromatic heterocycles. The average molecular weight is 275 g/mol. The van der Waals surface area contributed by atoms with E-state index < -0.39 is 5.97 Å². The Morgan fingerprint density at radius 2 is 1.94 bits per heavy atom. The Bertz CT molecular complexity index is 285. The van der Waals surface area contributed by atoms with Gasteiger partial charge in [0.2, 0.25) is 5.91 Å². The van der Waals surface area contributed by atoms with Crippen LogP contribution in [0.15, 0.2) is 0 Å². The smallest absolute Gasteiger partial charge is 0.306 e. The van der Waals surface area contributed by atoms with Crippen molar-refractivity contribution in [2.24, 2.45) is 11.8 Å². The van der Waals surface area contributed by atoms with Crippen LogP contribution in [0, 0.1) is 11.8 Å². The van der Waals surface area contributed by atoms with E-state index in [2.05, 4.69) is 5.32 Å². The quantitative estimate of drug-likeness (QED) is 0.568. The van der Waals surface area contributed by atoms with E-state index in [1.165, 1.54) is 0 Å². The van der Waals surface area contributed by atoms with Crippen LogP contribution in [-0.2, 0) is 9.59 Å². The molecule has 2 atom stereocenters. The first-order chi connectivity index (χ1) is 8.65. The SMILES string of the molecule is O=C(O)C1CCC(C(=O)NCCSCCCO)C1. The van der Waals surface area contributed by atoms with Gasteiger partial charge in [0.05, 0.1) is 5.92 Å². The molecule has 0 heterocycles. The zero-order valence-electron chi connectivity index (χ0n) is 10.4. The van der Waals surface area contributed by atoms with Crippen LogP contribution in [0.25, 0.3) is 0 Å². The normalized spacial score (nSPS) is 22.9. The minimum atomic E-state index is -0.787. The summed E-state index contributed by atoms with van der Waals surface area (Å²) < 4.78 is 0. The van der Waals surface area contributed by atoms with Crippen molar-refractivity contribution in [1.29, 1.82) is 0 Å². The van der Waals surface area contributed by atoms with Crippen molar-refractivity contribution in [1.82, 2.24) is 5.32 Å². The summed E-state index contributed by atoms with van der Waals surface area (Å²) in [6.07, 6.45) is 2.54. The van der Waals surface area contributed by atoms with Gasteiger partial charge in [-0.2, -0.15) is 11.8 Å². The minimum absolute atomic E-state index is 0.0125. The first kappa shape index (κ1) is 15.3. The third-order valence-corrected chi connectivity index (χ3v) is 4.22. The maximum Gasteiger partial charge on any atom is 0.306 e. The van der Waals surface area contributed by atoms with Crippen LogP contribution in [0.5, 0.6) is 0 Å². The van der Waals surface area contributed by atoms with Crippen molar-refractivity contribution in [2.75, 3.05) is 24.7 Å². The molecule has 1 aliphatic carbocycles. The Balaban J connectivity index is 2.09. The Labute approximate surface area is 111 Å². The summed E-state index contributed by atoms with van der Waals surface area (Å²) >= 11 is 1.70. The minimum Gasteiger partial charge on any atom is -0.481 e. The van der Waals surface area contributed by atoms with Crippen LogP contribution >= 0.6 is 11.8 Å². The van der Waals surface area contributed by atoms with Gasteiger partial charge in [-0.3, -0.25) is 9.59 Å². The standard InChI is InChI=1S/C12H21NO4S/c14-5-1-6-18-7-4-13-11(15)9-2-3-10(8-9)12(16)17/h9-10,14H,1-8H2,(H,13,15)(H,16,17). The fraction of sp³-hybridized carbons (Fsp3) is 0.833. The largest absolute Gasteiger partial charge is 0.481 e. The van der Waals surface area contributed by atoms with Gasteiger partial charge in [0.1, 0.15) is 0 Å². The number of nitrogens with one attached hydrogen (secondary N) is 1. The van der Waals surface area contributed by atoms with Crippen molar-refractivity contribution in [3.63, 3.8) is 0 Å². The van der Waals surface area contributed by atoms with Crippen molar-refractivity contribution < 1.29 is 19.8 Å². The van der Waals surface area contributed by atoms with E-state index in [1.54, 1.807) is 11.8 Å². The summed E-state index contributed by atoms with van der Waals surface area (Å²) in [4.78, 5) is 22.5. The lowest BCUT2D eigenvalue weighted by molar-refractivity contribution is -0.141. The Hall–Kier alpha value is -0.750. The molecule has 6 heteroatoms. The number of carbonyl (C=O) groups is 2. The van der Waals surface area contributed by atoms with E-state index >= 15 is 0 Å². The third kappa shape index (κ3) is 5.27. The number of hydrogen-bond acceptors (Lipinski definition) is 4. The molecule has 1 rings (SSSR count). The lowest BCUT2D eigenvalue weighted by atomic mass is 10.0. The molecule has 18 heavy (non-hydrogen) atoms. The first-order valence-electron chi connectivity index (χ1n) is 6.34. The second kappa shape index (κ2) is 8.37. The molecule has 0 spiro atoms. The molecule has 0 saturated heterocycles. The van der Waals surface area contributed by atoms with Gasteiger partial charge in [-0.1, -0.05) is 0 Å². The summed E-state index contributed by atoms with van der Waals surface area (Å²) in [6.45, 7) is 0.821. The molecule has 5 nitrogen and oxygen atoms in total. The molecule has 2 unspecified atom stereocenters. The molecule has 0 aromatic carbocycles. The second-order valence-electron chi connectivity index (χ2n) is 4.53. The highest BCUT2D eigenvalue weighted by Gasteiger charge is 2.33. The molecule has 0 aliphatic heterocycles. The molecule has 3 N–H and O–H groups in total. The molecular formula is C12H21NO4S. The zero-order chi connectivity index (χ0) is 13.4. The number of carboxylic acids is 1. The van der Waals surface area contributed by atoms with Crippen molar-refractivity contribution in [2.45, 2.75) is 25.7 Å². The number of aliphatic hydroxyl groups is 1. The third-order valence-electron chi connectivity index (χ3n) is 3.15. The number of carboxylic acid groups (broad SMARTS) is 1. The molecule has 1 aliphatic rings. The van der Waals surface area contributed by atoms with Crippen LogP contribution in [0.1, 0.15) is 25.7 Å². The van der Waals surface area contributed by atoms with E-state index in [-0.39, 0.29) is 24.3 Å². The highest BCUT2D eigenvalue weighted by molar-refractivity contribution is 7.99. The van der Waals surface area contributed by atoms with Gasteiger partial charge in [-0.15, -0.1) is 0 Å². The van der Waals surface area contributed by atoms with E-state index in [1.807, 2.05) is 0 Å². The lowest BCUT2D eigenvalue weighted by Crippen LogP contribution is -2.31. The van der Waals surface area contributed by atoms with Gasteiger partial charge < -0.3 is 15.5 Å². The Morgan fingerprint density at radius 1 is 1.22 bits per heavy atom. The molecule has 104 valence electrons. The first-order valence-corrected chi connectivity index (χ1v) is 7.49. The number of thioether (sulfide) groups is 1. The van der Waals surface area contributed by atoms with Gasteiger partial charge >= 0.3 is 5.97 Å². The van der Waals surface area contributed by atoms with E-state index in [4.69, 9.17) is 10.2 Å². The number of amides is 1. The molecule has 1 saturated carbocycles. The second-order valence-corrected chi connectivity index (χ2v) is 5.75. The number of hydrogen-bond donors (Lipinski definition) is 3. The maximum atomic E-state index is 11.7. The molecule has 1 fully saturated rings. The molecule has 1 amide bonds. The van der Waals surface area contributed by atoms with Gasteiger partial charge in [0.25, 0.3) is 0 Å². The van der Waals surface area contributed by atoms with Crippen LogP contribution in [-0.4, -0.2) is 46.7 Å². The molecule has 0 bridgehead atoms. The fourth-order valence-corrected chi connectivity index (χ4v) is 2.89. The Morgan fingerprint density at radius 3 is 2.56 bits per heavy atom. The Kier molecular flexibility index (Phi) is 7.12. The van der Waals surface area contributed by atoms with Crippen LogP contribution < -0.4 is 5.32 Å².